The Morgan fingerprint density at radius 2 is 1.89 bits per heavy atom. The topological polar surface area (TPSA) is 95.2 Å². The third-order valence-corrected chi connectivity index (χ3v) is 4.62. The van der Waals surface area contributed by atoms with Gasteiger partial charge in [0.1, 0.15) is 5.69 Å². The molecule has 0 aliphatic carbocycles. The zero-order valence-electron chi connectivity index (χ0n) is 15.6. The molecule has 28 heavy (non-hydrogen) atoms. The van der Waals surface area contributed by atoms with Gasteiger partial charge in [0.15, 0.2) is 0 Å². The Bertz CT molecular complexity index is 1250. The summed E-state index contributed by atoms with van der Waals surface area (Å²) in [4.78, 5) is 16.5. The van der Waals surface area contributed by atoms with Crippen molar-refractivity contribution < 1.29 is 0 Å². The number of fused-ring (bicyclic) bond motifs is 2. The van der Waals surface area contributed by atoms with Crippen molar-refractivity contribution in [3.63, 3.8) is 0 Å². The largest absolute Gasteiger partial charge is 0.382 e. The molecule has 0 amide bonds. The van der Waals surface area contributed by atoms with Gasteiger partial charge in [0.05, 0.1) is 40.5 Å². The summed E-state index contributed by atoms with van der Waals surface area (Å²) in [6.45, 7) is 4.20. The number of pyridine rings is 3. The summed E-state index contributed by atoms with van der Waals surface area (Å²) in [5.74, 6) is 0. The molecular weight excluding hydrogens is 350 g/mol. The molecule has 0 fully saturated rings. The Morgan fingerprint density at radius 1 is 0.964 bits per heavy atom. The van der Waals surface area contributed by atoms with Crippen LogP contribution < -0.4 is 5.32 Å². The van der Waals surface area contributed by atoms with E-state index in [4.69, 9.17) is 0 Å². The summed E-state index contributed by atoms with van der Waals surface area (Å²) in [5.41, 5.74) is 6.47. The molecule has 7 heteroatoms. The Hall–Kier alpha value is -3.74. The number of aromatic nitrogens is 6. The lowest BCUT2D eigenvalue weighted by atomic mass is 10.1. The molecule has 0 spiro atoms. The van der Waals surface area contributed by atoms with Crippen molar-refractivity contribution >= 4 is 27.5 Å². The molecule has 0 bridgehead atoms. The number of nitrogens with one attached hydrogen (secondary N) is 3. The second kappa shape index (κ2) is 6.45. The molecule has 0 aliphatic rings. The van der Waals surface area contributed by atoms with E-state index >= 15 is 0 Å². The van der Waals surface area contributed by atoms with E-state index in [0.29, 0.717) is 6.04 Å². The van der Waals surface area contributed by atoms with Crippen molar-refractivity contribution in [2.75, 3.05) is 5.32 Å². The molecule has 0 atom stereocenters. The number of rotatable bonds is 4. The first-order valence-electron chi connectivity index (χ1n) is 9.16. The van der Waals surface area contributed by atoms with Crippen LogP contribution in [0.1, 0.15) is 13.8 Å². The van der Waals surface area contributed by atoms with Crippen molar-refractivity contribution in [3.8, 4) is 22.6 Å². The van der Waals surface area contributed by atoms with Gasteiger partial charge in [-0.2, -0.15) is 5.10 Å². The molecule has 0 radical (unpaired) electrons. The van der Waals surface area contributed by atoms with E-state index in [-0.39, 0.29) is 0 Å². The van der Waals surface area contributed by atoms with Crippen LogP contribution in [0.25, 0.3) is 44.5 Å². The standard InChI is InChI=1S/C21H19N7/c1-12(2)25-15-5-14(8-23-9-15)17-7-16-20(11-24-17)27-28-21(16)18-6-13-3-4-22-10-19(13)26-18/h3-12,25-26H,1-2H3,(H,27,28). The molecule has 5 rings (SSSR count). The normalized spacial score (nSPS) is 11.5. The number of hydrogen-bond acceptors (Lipinski definition) is 5. The van der Waals surface area contributed by atoms with Crippen molar-refractivity contribution in [1.29, 1.82) is 0 Å². The van der Waals surface area contributed by atoms with Crippen LogP contribution in [0.4, 0.5) is 5.69 Å². The van der Waals surface area contributed by atoms with E-state index in [1.807, 2.05) is 36.9 Å². The first kappa shape index (κ1) is 16.4. The monoisotopic (exact) mass is 369 g/mol. The van der Waals surface area contributed by atoms with Crippen LogP contribution >= 0.6 is 0 Å². The van der Waals surface area contributed by atoms with Gasteiger partial charge in [0, 0.05) is 41.0 Å². The lowest BCUT2D eigenvalue weighted by Crippen LogP contribution is -2.09. The average Bonchev–Trinajstić information content (AvgIpc) is 3.30. The Balaban J connectivity index is 1.60. The molecule has 0 unspecified atom stereocenters. The molecule has 7 nitrogen and oxygen atoms in total. The number of aromatic amines is 2. The Labute approximate surface area is 161 Å². The quantitative estimate of drug-likeness (QED) is 0.437. The van der Waals surface area contributed by atoms with Crippen LogP contribution in [0.5, 0.6) is 0 Å². The zero-order valence-corrected chi connectivity index (χ0v) is 15.6. The molecule has 0 saturated heterocycles. The Kier molecular flexibility index (Phi) is 3.79. The minimum absolute atomic E-state index is 0.337. The molecule has 3 N–H and O–H groups in total. The maximum Gasteiger partial charge on any atom is 0.116 e. The molecular formula is C21H19N7. The Morgan fingerprint density at radius 3 is 2.75 bits per heavy atom. The highest BCUT2D eigenvalue weighted by Crippen LogP contribution is 2.30. The molecule has 0 aliphatic heterocycles. The summed E-state index contributed by atoms with van der Waals surface area (Å²) in [5, 5.41) is 13.1. The van der Waals surface area contributed by atoms with Gasteiger partial charge in [-0.25, -0.2) is 0 Å². The van der Waals surface area contributed by atoms with Crippen molar-refractivity contribution in [2.24, 2.45) is 0 Å². The van der Waals surface area contributed by atoms with Gasteiger partial charge in [0.2, 0.25) is 0 Å². The van der Waals surface area contributed by atoms with E-state index in [9.17, 15) is 0 Å². The van der Waals surface area contributed by atoms with Gasteiger partial charge in [-0.1, -0.05) is 0 Å². The van der Waals surface area contributed by atoms with Crippen LogP contribution in [0, 0.1) is 0 Å². The van der Waals surface area contributed by atoms with Crippen LogP contribution in [0.3, 0.4) is 0 Å². The van der Waals surface area contributed by atoms with E-state index < -0.39 is 0 Å². The molecule has 138 valence electrons. The van der Waals surface area contributed by atoms with Gasteiger partial charge < -0.3 is 10.3 Å². The highest BCUT2D eigenvalue weighted by molar-refractivity contribution is 5.96. The third-order valence-electron chi connectivity index (χ3n) is 4.62. The molecule has 5 aromatic rings. The maximum absolute atomic E-state index is 4.59. The zero-order chi connectivity index (χ0) is 19.1. The molecule has 5 heterocycles. The molecule has 5 aromatic heterocycles. The fourth-order valence-electron chi connectivity index (χ4n) is 3.37. The maximum atomic E-state index is 4.59. The van der Waals surface area contributed by atoms with Gasteiger partial charge in [-0.3, -0.25) is 20.1 Å². The number of anilines is 1. The first-order valence-corrected chi connectivity index (χ1v) is 9.16. The first-order chi connectivity index (χ1) is 13.7. The highest BCUT2D eigenvalue weighted by atomic mass is 15.1. The number of nitrogens with zero attached hydrogens (tertiary/aromatic N) is 4. The van der Waals surface area contributed by atoms with Gasteiger partial charge in [-0.15, -0.1) is 0 Å². The summed E-state index contributed by atoms with van der Waals surface area (Å²) >= 11 is 0. The summed E-state index contributed by atoms with van der Waals surface area (Å²) in [7, 11) is 0. The van der Waals surface area contributed by atoms with Crippen molar-refractivity contribution in [3.05, 3.63) is 55.2 Å². The van der Waals surface area contributed by atoms with E-state index in [2.05, 4.69) is 61.4 Å². The van der Waals surface area contributed by atoms with Crippen LogP contribution in [-0.4, -0.2) is 36.2 Å². The van der Waals surface area contributed by atoms with E-state index in [1.165, 1.54) is 0 Å². The number of H-pyrrole nitrogens is 2. The van der Waals surface area contributed by atoms with E-state index in [0.717, 1.165) is 50.1 Å². The third kappa shape index (κ3) is 2.87. The average molecular weight is 369 g/mol. The van der Waals surface area contributed by atoms with E-state index in [1.54, 1.807) is 6.20 Å². The predicted molar refractivity (Wildman–Crippen MR) is 111 cm³/mol. The second-order valence-corrected chi connectivity index (χ2v) is 7.09. The minimum atomic E-state index is 0.337. The van der Waals surface area contributed by atoms with Crippen LogP contribution in [-0.2, 0) is 0 Å². The van der Waals surface area contributed by atoms with Gasteiger partial charge in [0.25, 0.3) is 0 Å². The van der Waals surface area contributed by atoms with Crippen LogP contribution in [0.15, 0.2) is 55.2 Å². The predicted octanol–water partition coefficient (Wildman–Crippen LogP) is 4.38. The van der Waals surface area contributed by atoms with Crippen molar-refractivity contribution in [2.45, 2.75) is 19.9 Å². The summed E-state index contributed by atoms with van der Waals surface area (Å²) in [6.07, 6.45) is 9.07. The smallest absolute Gasteiger partial charge is 0.116 e. The lowest BCUT2D eigenvalue weighted by Gasteiger charge is -2.10. The van der Waals surface area contributed by atoms with Gasteiger partial charge in [-0.05, 0) is 38.1 Å². The molecule has 0 aromatic carbocycles. The molecule has 0 saturated carbocycles. The lowest BCUT2D eigenvalue weighted by molar-refractivity contribution is 0.898. The minimum Gasteiger partial charge on any atom is -0.382 e. The summed E-state index contributed by atoms with van der Waals surface area (Å²) in [6, 6.07) is 8.52. The fraction of sp³-hybridized carbons (Fsp3) is 0.143. The van der Waals surface area contributed by atoms with Gasteiger partial charge >= 0.3 is 0 Å². The van der Waals surface area contributed by atoms with Crippen molar-refractivity contribution in [1.82, 2.24) is 30.1 Å². The summed E-state index contributed by atoms with van der Waals surface area (Å²) < 4.78 is 0. The highest BCUT2D eigenvalue weighted by Gasteiger charge is 2.13. The SMILES string of the molecule is CC(C)Nc1cncc(-c2cc3c(-c4cc5ccncc5[nH]4)n[nH]c3cn2)c1. The number of hydrogen-bond donors (Lipinski definition) is 3. The van der Waals surface area contributed by atoms with Crippen LogP contribution in [0.2, 0.25) is 0 Å². The fourth-order valence-corrected chi connectivity index (χ4v) is 3.37. The second-order valence-electron chi connectivity index (χ2n) is 7.09.